The van der Waals surface area contributed by atoms with Crippen LogP contribution in [0.3, 0.4) is 0 Å². The van der Waals surface area contributed by atoms with Crippen LogP contribution in [0.4, 0.5) is 11.9 Å². The van der Waals surface area contributed by atoms with Gasteiger partial charge in [0.1, 0.15) is 0 Å². The van der Waals surface area contributed by atoms with Crippen LogP contribution in [0.2, 0.25) is 0 Å². The second-order valence-electron chi connectivity index (χ2n) is 6.02. The summed E-state index contributed by atoms with van der Waals surface area (Å²) in [7, 11) is 2.62. The van der Waals surface area contributed by atoms with Crippen molar-refractivity contribution in [3.05, 3.63) is 0 Å². The Bertz CT molecular complexity index is 535. The quantitative estimate of drug-likeness (QED) is 0.776. The van der Waals surface area contributed by atoms with E-state index in [0.717, 1.165) is 25.9 Å². The van der Waals surface area contributed by atoms with Gasteiger partial charge in [-0.3, -0.25) is 4.21 Å². The number of methoxy groups -OCH3 is 1. The fourth-order valence-corrected chi connectivity index (χ4v) is 3.55. The first kappa shape index (κ1) is 17.9. The number of ether oxygens (including phenoxy) is 1. The van der Waals surface area contributed by atoms with Crippen LogP contribution < -0.4 is 14.5 Å². The molecule has 130 valence electrons. The Morgan fingerprint density at radius 3 is 2.43 bits per heavy atom. The lowest BCUT2D eigenvalue weighted by Gasteiger charge is -2.26. The highest BCUT2D eigenvalue weighted by Crippen LogP contribution is 2.21. The molecule has 1 saturated heterocycles. The van der Waals surface area contributed by atoms with Crippen LogP contribution in [0.5, 0.6) is 6.01 Å². The van der Waals surface area contributed by atoms with Gasteiger partial charge >= 0.3 is 6.01 Å². The van der Waals surface area contributed by atoms with Crippen molar-refractivity contribution < 1.29 is 8.95 Å². The molecular weight excluding hydrogens is 314 g/mol. The maximum absolute atomic E-state index is 11.5. The average Bonchev–Trinajstić information content (AvgIpc) is 2.82. The third-order valence-corrected chi connectivity index (χ3v) is 5.07. The maximum Gasteiger partial charge on any atom is 0.322 e. The molecule has 1 fully saturated rings. The Morgan fingerprint density at radius 1 is 1.22 bits per heavy atom. The molecule has 0 spiro atoms. The fourth-order valence-electron chi connectivity index (χ4n) is 2.65. The van der Waals surface area contributed by atoms with E-state index in [1.807, 2.05) is 18.9 Å². The Kier molecular flexibility index (Phi) is 6.56. The lowest BCUT2D eigenvalue weighted by molar-refractivity contribution is 0.377. The summed E-state index contributed by atoms with van der Waals surface area (Å²) in [6.45, 7) is 3.94. The minimum Gasteiger partial charge on any atom is -0.467 e. The van der Waals surface area contributed by atoms with Gasteiger partial charge in [-0.25, -0.2) is 0 Å². The van der Waals surface area contributed by atoms with Gasteiger partial charge in [0.25, 0.3) is 0 Å². The van der Waals surface area contributed by atoms with Crippen LogP contribution in [0.1, 0.15) is 32.6 Å². The maximum atomic E-state index is 11.5. The van der Waals surface area contributed by atoms with Gasteiger partial charge in [-0.2, -0.15) is 15.0 Å². The van der Waals surface area contributed by atoms with Gasteiger partial charge in [0, 0.05) is 49.0 Å². The van der Waals surface area contributed by atoms with Gasteiger partial charge in [0.15, 0.2) is 0 Å². The number of aromatic nitrogens is 3. The van der Waals surface area contributed by atoms with Crippen molar-refractivity contribution in [2.24, 2.45) is 0 Å². The van der Waals surface area contributed by atoms with Crippen molar-refractivity contribution in [2.45, 2.75) is 38.6 Å². The van der Waals surface area contributed by atoms with Crippen molar-refractivity contribution in [2.75, 3.05) is 49.1 Å². The first-order chi connectivity index (χ1) is 11.0. The van der Waals surface area contributed by atoms with E-state index in [1.54, 1.807) is 13.4 Å². The molecule has 0 bridgehead atoms. The van der Waals surface area contributed by atoms with E-state index in [4.69, 9.17) is 4.74 Å². The van der Waals surface area contributed by atoms with Crippen molar-refractivity contribution in [1.29, 1.82) is 0 Å². The first-order valence-electron chi connectivity index (χ1n) is 8.09. The van der Waals surface area contributed by atoms with Crippen molar-refractivity contribution in [3.8, 4) is 6.01 Å². The summed E-state index contributed by atoms with van der Waals surface area (Å²) in [5.74, 6) is 1.81. The summed E-state index contributed by atoms with van der Waals surface area (Å²) >= 11 is 0. The Balaban J connectivity index is 2.25. The molecule has 1 aliphatic rings. The number of nitrogens with zero attached hydrogens (tertiary/aromatic N) is 5. The second kappa shape index (κ2) is 8.42. The lowest BCUT2D eigenvalue weighted by atomic mass is 10.2. The molecule has 0 amide bonds. The summed E-state index contributed by atoms with van der Waals surface area (Å²) < 4.78 is 16.7. The predicted molar refractivity (Wildman–Crippen MR) is 93.9 cm³/mol. The SMILES string of the molecule is COc1nc(N2CCCCCC2)nc(N(C)C(C)CS(C)=O)n1. The van der Waals surface area contributed by atoms with Crippen molar-refractivity contribution in [1.82, 2.24) is 15.0 Å². The fraction of sp³-hybridized carbons (Fsp3) is 0.800. The highest BCUT2D eigenvalue weighted by Gasteiger charge is 2.20. The van der Waals surface area contributed by atoms with Crippen LogP contribution in [0.15, 0.2) is 0 Å². The summed E-state index contributed by atoms with van der Waals surface area (Å²) in [6.07, 6.45) is 6.53. The zero-order valence-corrected chi connectivity index (χ0v) is 15.3. The topological polar surface area (TPSA) is 71.5 Å². The average molecular weight is 341 g/mol. The Hall–Kier alpha value is -1.44. The van der Waals surface area contributed by atoms with Gasteiger partial charge in [-0.05, 0) is 19.8 Å². The van der Waals surface area contributed by atoms with Crippen LogP contribution >= 0.6 is 0 Å². The largest absolute Gasteiger partial charge is 0.467 e. The van der Waals surface area contributed by atoms with Crippen LogP contribution in [-0.4, -0.2) is 64.5 Å². The van der Waals surface area contributed by atoms with Gasteiger partial charge in [0.2, 0.25) is 11.9 Å². The third-order valence-electron chi connectivity index (χ3n) is 4.12. The molecule has 0 aliphatic carbocycles. The highest BCUT2D eigenvalue weighted by molar-refractivity contribution is 7.84. The minimum absolute atomic E-state index is 0.0740. The van der Waals surface area contributed by atoms with Gasteiger partial charge in [0.05, 0.1) is 7.11 Å². The molecule has 0 saturated carbocycles. The molecular formula is C15H27N5O2S. The van der Waals surface area contributed by atoms with Crippen molar-refractivity contribution >= 4 is 22.7 Å². The zero-order valence-electron chi connectivity index (χ0n) is 14.5. The van der Waals surface area contributed by atoms with E-state index >= 15 is 0 Å². The van der Waals surface area contributed by atoms with E-state index in [-0.39, 0.29) is 6.04 Å². The number of hydrogen-bond acceptors (Lipinski definition) is 7. The lowest BCUT2D eigenvalue weighted by Crippen LogP contribution is -2.35. The molecule has 0 aromatic carbocycles. The molecule has 0 N–H and O–H groups in total. The Morgan fingerprint density at radius 2 is 1.87 bits per heavy atom. The smallest absolute Gasteiger partial charge is 0.322 e. The Labute approximate surface area is 140 Å². The van der Waals surface area contributed by atoms with Gasteiger partial charge in [-0.15, -0.1) is 0 Å². The van der Waals surface area contributed by atoms with Crippen LogP contribution in [-0.2, 0) is 10.8 Å². The molecule has 8 heteroatoms. The molecule has 2 heterocycles. The molecule has 2 rings (SSSR count). The van der Waals surface area contributed by atoms with Crippen molar-refractivity contribution in [3.63, 3.8) is 0 Å². The van der Waals surface area contributed by atoms with E-state index in [9.17, 15) is 4.21 Å². The van der Waals surface area contributed by atoms with Crippen LogP contribution in [0.25, 0.3) is 0 Å². The summed E-state index contributed by atoms with van der Waals surface area (Å²) in [6, 6.07) is 0.399. The number of hydrogen-bond donors (Lipinski definition) is 0. The number of rotatable bonds is 6. The molecule has 23 heavy (non-hydrogen) atoms. The van der Waals surface area contributed by atoms with E-state index in [0.29, 0.717) is 23.7 Å². The van der Waals surface area contributed by atoms with Crippen LogP contribution in [0, 0.1) is 0 Å². The molecule has 2 atom stereocenters. The monoisotopic (exact) mass is 341 g/mol. The first-order valence-corrected chi connectivity index (χ1v) is 9.82. The standard InChI is InChI=1S/C15H27N5O2S/c1-12(11-23(4)21)19(2)13-16-14(18-15(17-13)22-3)20-9-7-5-6-8-10-20/h12H,5-11H2,1-4H3. The molecule has 2 unspecified atom stereocenters. The van der Waals surface area contributed by atoms with Gasteiger partial charge in [-0.1, -0.05) is 12.8 Å². The molecule has 1 aromatic heterocycles. The summed E-state index contributed by atoms with van der Waals surface area (Å²) in [4.78, 5) is 17.5. The molecule has 0 radical (unpaired) electrons. The van der Waals surface area contributed by atoms with E-state index < -0.39 is 10.8 Å². The summed E-state index contributed by atoms with van der Waals surface area (Å²) in [5, 5.41) is 0. The van der Waals surface area contributed by atoms with Gasteiger partial charge < -0.3 is 14.5 Å². The molecule has 1 aromatic rings. The third kappa shape index (κ3) is 5.02. The number of anilines is 2. The zero-order chi connectivity index (χ0) is 16.8. The normalized spacial score (nSPS) is 18.2. The van der Waals surface area contributed by atoms with E-state index in [1.165, 1.54) is 12.8 Å². The molecule has 1 aliphatic heterocycles. The second-order valence-corrected chi connectivity index (χ2v) is 7.50. The highest BCUT2D eigenvalue weighted by atomic mass is 32.2. The molecule has 7 nitrogen and oxygen atoms in total. The van der Waals surface area contributed by atoms with E-state index in [2.05, 4.69) is 19.9 Å². The predicted octanol–water partition coefficient (Wildman–Crippen LogP) is 1.46. The summed E-state index contributed by atoms with van der Waals surface area (Å²) in [5.41, 5.74) is 0. The minimum atomic E-state index is -0.864.